The summed E-state index contributed by atoms with van der Waals surface area (Å²) in [5.74, 6) is 0.176. The third kappa shape index (κ3) is 4.55. The summed E-state index contributed by atoms with van der Waals surface area (Å²) in [6.07, 6.45) is 1.42. The van der Waals surface area contributed by atoms with Crippen LogP contribution in [0.25, 0.3) is 10.9 Å². The Bertz CT molecular complexity index is 900. The van der Waals surface area contributed by atoms with E-state index in [2.05, 4.69) is 47.1 Å². The van der Waals surface area contributed by atoms with Crippen molar-refractivity contribution in [2.24, 2.45) is 0 Å². The fourth-order valence-electron chi connectivity index (χ4n) is 2.37. The van der Waals surface area contributed by atoms with Gasteiger partial charge in [-0.15, -0.1) is 0 Å². The SMILES string of the molecule is CC(NC(=O)COc1ncnc2ccc(Br)cc12)c1ccc(Br)cc1. The van der Waals surface area contributed by atoms with Gasteiger partial charge in [-0.2, -0.15) is 0 Å². The lowest BCUT2D eigenvalue weighted by Crippen LogP contribution is -2.31. The second-order valence-corrected chi connectivity index (χ2v) is 7.30. The van der Waals surface area contributed by atoms with E-state index < -0.39 is 0 Å². The zero-order valence-corrected chi connectivity index (χ0v) is 16.5. The third-order valence-corrected chi connectivity index (χ3v) is 4.67. The minimum Gasteiger partial charge on any atom is -0.467 e. The van der Waals surface area contributed by atoms with Crippen LogP contribution in [0.2, 0.25) is 0 Å². The molecule has 7 heteroatoms. The summed E-state index contributed by atoms with van der Waals surface area (Å²) in [6, 6.07) is 13.3. The summed E-state index contributed by atoms with van der Waals surface area (Å²) in [7, 11) is 0. The highest BCUT2D eigenvalue weighted by atomic mass is 79.9. The van der Waals surface area contributed by atoms with Gasteiger partial charge in [-0.1, -0.05) is 44.0 Å². The van der Waals surface area contributed by atoms with Crippen LogP contribution in [0.15, 0.2) is 57.7 Å². The first-order valence-electron chi connectivity index (χ1n) is 7.61. The number of amides is 1. The molecule has 0 saturated heterocycles. The van der Waals surface area contributed by atoms with Crippen LogP contribution in [0.1, 0.15) is 18.5 Å². The Morgan fingerprint density at radius 1 is 1.12 bits per heavy atom. The van der Waals surface area contributed by atoms with Crippen LogP contribution in [0.4, 0.5) is 0 Å². The standard InChI is InChI=1S/C18H15Br2N3O2/c1-11(12-2-4-13(19)5-3-12)23-17(24)9-25-18-15-8-14(20)6-7-16(15)21-10-22-18/h2-8,10-11H,9H2,1H3,(H,23,24). The van der Waals surface area contributed by atoms with E-state index in [0.717, 1.165) is 25.4 Å². The van der Waals surface area contributed by atoms with Gasteiger partial charge in [0.25, 0.3) is 5.91 Å². The monoisotopic (exact) mass is 463 g/mol. The number of nitrogens with zero attached hydrogens (tertiary/aromatic N) is 2. The molecule has 1 atom stereocenters. The van der Waals surface area contributed by atoms with Crippen molar-refractivity contribution in [2.75, 3.05) is 6.61 Å². The van der Waals surface area contributed by atoms with E-state index in [9.17, 15) is 4.79 Å². The molecule has 3 aromatic rings. The maximum absolute atomic E-state index is 12.2. The largest absolute Gasteiger partial charge is 0.467 e. The second kappa shape index (κ2) is 7.93. The number of ether oxygens (including phenoxy) is 1. The highest BCUT2D eigenvalue weighted by molar-refractivity contribution is 9.10. The van der Waals surface area contributed by atoms with Crippen molar-refractivity contribution < 1.29 is 9.53 Å². The Labute approximate surface area is 162 Å². The van der Waals surface area contributed by atoms with Crippen molar-refractivity contribution in [1.82, 2.24) is 15.3 Å². The average Bonchev–Trinajstić information content (AvgIpc) is 2.60. The lowest BCUT2D eigenvalue weighted by atomic mass is 10.1. The predicted molar refractivity (Wildman–Crippen MR) is 103 cm³/mol. The van der Waals surface area contributed by atoms with E-state index in [-0.39, 0.29) is 18.6 Å². The zero-order valence-electron chi connectivity index (χ0n) is 13.4. The molecule has 0 spiro atoms. The fraction of sp³-hybridized carbons (Fsp3) is 0.167. The van der Waals surface area contributed by atoms with Crippen LogP contribution < -0.4 is 10.1 Å². The fourth-order valence-corrected chi connectivity index (χ4v) is 3.00. The van der Waals surface area contributed by atoms with Crippen LogP contribution in [0, 0.1) is 0 Å². The van der Waals surface area contributed by atoms with Crippen molar-refractivity contribution in [2.45, 2.75) is 13.0 Å². The lowest BCUT2D eigenvalue weighted by Gasteiger charge is -2.15. The molecule has 1 aromatic heterocycles. The van der Waals surface area contributed by atoms with Gasteiger partial charge in [-0.3, -0.25) is 4.79 Å². The van der Waals surface area contributed by atoms with Crippen LogP contribution >= 0.6 is 31.9 Å². The van der Waals surface area contributed by atoms with Gasteiger partial charge in [-0.05, 0) is 42.8 Å². The van der Waals surface area contributed by atoms with E-state index in [1.807, 2.05) is 49.4 Å². The Morgan fingerprint density at radius 2 is 1.84 bits per heavy atom. The van der Waals surface area contributed by atoms with Crippen molar-refractivity contribution in [1.29, 1.82) is 0 Å². The number of aromatic nitrogens is 2. The molecule has 0 fully saturated rings. The van der Waals surface area contributed by atoms with Crippen molar-refractivity contribution in [3.8, 4) is 5.88 Å². The Morgan fingerprint density at radius 3 is 2.60 bits per heavy atom. The summed E-state index contributed by atoms with van der Waals surface area (Å²) in [4.78, 5) is 20.5. The molecule has 128 valence electrons. The maximum Gasteiger partial charge on any atom is 0.258 e. The minimum atomic E-state index is -0.211. The van der Waals surface area contributed by atoms with Gasteiger partial charge < -0.3 is 10.1 Å². The van der Waals surface area contributed by atoms with E-state index in [0.29, 0.717) is 5.88 Å². The van der Waals surface area contributed by atoms with Crippen LogP contribution in [-0.4, -0.2) is 22.5 Å². The van der Waals surface area contributed by atoms with Crippen LogP contribution in [0.3, 0.4) is 0 Å². The molecule has 0 aliphatic rings. The normalized spacial score (nSPS) is 12.0. The third-order valence-electron chi connectivity index (χ3n) is 3.65. The highest BCUT2D eigenvalue weighted by Gasteiger charge is 2.12. The molecule has 1 amide bonds. The van der Waals surface area contributed by atoms with Gasteiger partial charge in [0.15, 0.2) is 6.61 Å². The number of rotatable bonds is 5. The first-order valence-corrected chi connectivity index (χ1v) is 9.19. The molecule has 1 unspecified atom stereocenters. The van der Waals surface area contributed by atoms with Gasteiger partial charge in [-0.25, -0.2) is 9.97 Å². The number of carbonyl (C=O) groups is 1. The Balaban J connectivity index is 1.64. The quantitative estimate of drug-likeness (QED) is 0.607. The summed E-state index contributed by atoms with van der Waals surface area (Å²) < 4.78 is 7.50. The summed E-state index contributed by atoms with van der Waals surface area (Å²) >= 11 is 6.81. The number of benzene rings is 2. The molecule has 1 heterocycles. The topological polar surface area (TPSA) is 64.1 Å². The second-order valence-electron chi connectivity index (χ2n) is 5.47. The highest BCUT2D eigenvalue weighted by Crippen LogP contribution is 2.24. The number of hydrogen-bond acceptors (Lipinski definition) is 4. The molecule has 0 aliphatic carbocycles. The van der Waals surface area contributed by atoms with Gasteiger partial charge in [0, 0.05) is 8.95 Å². The number of nitrogens with one attached hydrogen (secondary N) is 1. The molecular weight excluding hydrogens is 450 g/mol. The molecule has 25 heavy (non-hydrogen) atoms. The molecule has 2 aromatic carbocycles. The van der Waals surface area contributed by atoms with Gasteiger partial charge in [0.2, 0.25) is 5.88 Å². The number of fused-ring (bicyclic) bond motifs is 1. The molecule has 3 rings (SSSR count). The van der Waals surface area contributed by atoms with Crippen molar-refractivity contribution in [3.05, 3.63) is 63.3 Å². The van der Waals surface area contributed by atoms with E-state index in [1.54, 1.807) is 0 Å². The molecule has 5 nitrogen and oxygen atoms in total. The van der Waals surface area contributed by atoms with Gasteiger partial charge in [0.1, 0.15) is 6.33 Å². The van der Waals surface area contributed by atoms with E-state index in [4.69, 9.17) is 4.74 Å². The predicted octanol–water partition coefficient (Wildman–Crippen LogP) is 4.41. The molecule has 0 aliphatic heterocycles. The molecule has 1 N–H and O–H groups in total. The Kier molecular flexibility index (Phi) is 5.65. The lowest BCUT2D eigenvalue weighted by molar-refractivity contribution is -0.123. The summed E-state index contributed by atoms with van der Waals surface area (Å²) in [5.41, 5.74) is 1.78. The first kappa shape index (κ1) is 17.8. The van der Waals surface area contributed by atoms with Crippen molar-refractivity contribution in [3.63, 3.8) is 0 Å². The first-order chi connectivity index (χ1) is 12.0. The number of hydrogen-bond donors (Lipinski definition) is 1. The maximum atomic E-state index is 12.2. The molecule has 0 radical (unpaired) electrons. The minimum absolute atomic E-state index is 0.111. The van der Waals surface area contributed by atoms with E-state index in [1.165, 1.54) is 6.33 Å². The zero-order chi connectivity index (χ0) is 17.8. The number of halogens is 2. The molecule has 0 bridgehead atoms. The average molecular weight is 465 g/mol. The number of carbonyl (C=O) groups excluding carboxylic acids is 1. The summed E-state index contributed by atoms with van der Waals surface area (Å²) in [6.45, 7) is 1.82. The smallest absolute Gasteiger partial charge is 0.258 e. The van der Waals surface area contributed by atoms with Crippen LogP contribution in [-0.2, 0) is 4.79 Å². The summed E-state index contributed by atoms with van der Waals surface area (Å²) in [5, 5.41) is 3.67. The van der Waals surface area contributed by atoms with Gasteiger partial charge >= 0.3 is 0 Å². The Hall–Kier alpha value is -1.99. The molecule has 0 saturated carbocycles. The van der Waals surface area contributed by atoms with Gasteiger partial charge in [0.05, 0.1) is 16.9 Å². The molecular formula is C18H15Br2N3O2. The van der Waals surface area contributed by atoms with Crippen molar-refractivity contribution >= 4 is 48.7 Å². The van der Waals surface area contributed by atoms with E-state index >= 15 is 0 Å². The van der Waals surface area contributed by atoms with Crippen LogP contribution in [0.5, 0.6) is 5.88 Å².